The Balaban J connectivity index is 1.72. The van der Waals surface area contributed by atoms with E-state index < -0.39 is 28.5 Å². The first-order valence-corrected chi connectivity index (χ1v) is 13.3. The quantitative estimate of drug-likeness (QED) is 0.287. The number of fused-ring (bicyclic) bond motifs is 4. The average molecular weight is 485 g/mol. The lowest BCUT2D eigenvalue weighted by molar-refractivity contribution is -0.175. The summed E-state index contributed by atoms with van der Waals surface area (Å²) in [6, 6.07) is 0. The van der Waals surface area contributed by atoms with Gasteiger partial charge in [-0.15, -0.1) is 0 Å². The highest BCUT2D eigenvalue weighted by atomic mass is 16.5. The molecule has 4 aliphatic rings. The Hall–Kier alpha value is -2.05. The van der Waals surface area contributed by atoms with E-state index in [4.69, 9.17) is 9.47 Å². The molecular formula is C29H40O6. The molecule has 1 unspecified atom stereocenters. The van der Waals surface area contributed by atoms with Crippen LogP contribution in [0, 0.1) is 16.7 Å². The number of ketones is 2. The van der Waals surface area contributed by atoms with Crippen molar-refractivity contribution in [3.05, 3.63) is 34.9 Å². The number of aliphatic hydroxyl groups is 1. The van der Waals surface area contributed by atoms with E-state index in [-0.39, 0.29) is 30.5 Å². The van der Waals surface area contributed by atoms with Crippen LogP contribution in [-0.2, 0) is 23.9 Å². The van der Waals surface area contributed by atoms with Gasteiger partial charge in [0.2, 0.25) is 5.78 Å². The van der Waals surface area contributed by atoms with E-state index >= 15 is 0 Å². The molecule has 4 aliphatic carbocycles. The summed E-state index contributed by atoms with van der Waals surface area (Å²) in [5.74, 6) is -0.486. The van der Waals surface area contributed by atoms with Gasteiger partial charge in [0.25, 0.3) is 0 Å². The van der Waals surface area contributed by atoms with E-state index in [0.717, 1.165) is 49.7 Å². The standard InChI is InChI=1S/C29H40O6/c1-5-7-8-15-35-29(24(32)18-34-25(33)6-2)14-12-22-21-10-9-19-16-20(30)11-13-27(19,3)26(21)23(31)17-28(22,29)4/h11,13,16,22-23,31H,5-10,12,14-15,17-18H2,1-4H3/t22-,23?,27-,28-,29-/m0/s1. The lowest BCUT2D eigenvalue weighted by Gasteiger charge is -2.54. The molecule has 0 heterocycles. The number of hydrogen-bond acceptors (Lipinski definition) is 6. The molecule has 192 valence electrons. The summed E-state index contributed by atoms with van der Waals surface area (Å²) in [5.41, 5.74) is 1.15. The Morgan fingerprint density at radius 1 is 1.17 bits per heavy atom. The van der Waals surface area contributed by atoms with Crippen molar-refractivity contribution in [3.63, 3.8) is 0 Å². The number of ether oxygens (including phenoxy) is 2. The summed E-state index contributed by atoms with van der Waals surface area (Å²) in [4.78, 5) is 37.6. The zero-order valence-electron chi connectivity index (χ0n) is 21.7. The number of carbonyl (C=O) groups excluding carboxylic acids is 3. The second kappa shape index (κ2) is 9.78. The third-order valence-electron chi connectivity index (χ3n) is 9.18. The Labute approximate surface area is 208 Å². The number of allylic oxidation sites excluding steroid dienone is 5. The number of unbranched alkanes of at least 4 members (excludes halogenated alkanes) is 2. The van der Waals surface area contributed by atoms with E-state index in [0.29, 0.717) is 19.4 Å². The van der Waals surface area contributed by atoms with Crippen molar-refractivity contribution in [3.8, 4) is 0 Å². The van der Waals surface area contributed by atoms with Gasteiger partial charge in [0.15, 0.2) is 12.4 Å². The molecule has 0 aromatic heterocycles. The number of Topliss-reactive ketones (excluding diaryl/α,β-unsaturated/α-hetero) is 1. The van der Waals surface area contributed by atoms with Crippen molar-refractivity contribution in [1.82, 2.24) is 0 Å². The van der Waals surface area contributed by atoms with Crippen molar-refractivity contribution >= 4 is 17.5 Å². The van der Waals surface area contributed by atoms with Gasteiger partial charge >= 0.3 is 5.97 Å². The second-order valence-electron chi connectivity index (χ2n) is 11.1. The predicted octanol–water partition coefficient (Wildman–Crippen LogP) is 4.80. The minimum atomic E-state index is -1.09. The van der Waals surface area contributed by atoms with E-state index in [1.807, 2.05) is 6.08 Å². The highest BCUT2D eigenvalue weighted by Gasteiger charge is 2.66. The van der Waals surface area contributed by atoms with Gasteiger partial charge in [-0.2, -0.15) is 0 Å². The van der Waals surface area contributed by atoms with Crippen LogP contribution < -0.4 is 0 Å². The van der Waals surface area contributed by atoms with Crippen LogP contribution in [0.25, 0.3) is 0 Å². The Kier molecular flexibility index (Phi) is 7.27. The fraction of sp³-hybridized carbons (Fsp3) is 0.690. The molecule has 0 bridgehead atoms. The third kappa shape index (κ3) is 4.17. The van der Waals surface area contributed by atoms with Crippen molar-refractivity contribution in [2.75, 3.05) is 13.2 Å². The summed E-state index contributed by atoms with van der Waals surface area (Å²) >= 11 is 0. The number of aliphatic hydroxyl groups excluding tert-OH is 1. The van der Waals surface area contributed by atoms with Gasteiger partial charge in [0.1, 0.15) is 5.60 Å². The molecule has 0 spiro atoms. The smallest absolute Gasteiger partial charge is 0.305 e. The van der Waals surface area contributed by atoms with Gasteiger partial charge in [-0.05, 0) is 69.1 Å². The van der Waals surface area contributed by atoms with Crippen molar-refractivity contribution in [1.29, 1.82) is 0 Å². The predicted molar refractivity (Wildman–Crippen MR) is 133 cm³/mol. The first-order chi connectivity index (χ1) is 16.6. The minimum Gasteiger partial charge on any atom is -0.458 e. The van der Waals surface area contributed by atoms with E-state index in [9.17, 15) is 19.5 Å². The van der Waals surface area contributed by atoms with Crippen LogP contribution >= 0.6 is 0 Å². The van der Waals surface area contributed by atoms with Crippen LogP contribution in [0.4, 0.5) is 0 Å². The van der Waals surface area contributed by atoms with Crippen LogP contribution in [-0.4, -0.2) is 47.6 Å². The minimum absolute atomic E-state index is 0.00393. The maximum absolute atomic E-state index is 13.7. The van der Waals surface area contributed by atoms with Crippen LogP contribution in [0.3, 0.4) is 0 Å². The van der Waals surface area contributed by atoms with Gasteiger partial charge in [-0.25, -0.2) is 0 Å². The van der Waals surface area contributed by atoms with Gasteiger partial charge in [0, 0.05) is 23.9 Å². The highest BCUT2D eigenvalue weighted by molar-refractivity contribution is 6.01. The first kappa shape index (κ1) is 26.0. The van der Waals surface area contributed by atoms with E-state index in [1.165, 1.54) is 5.57 Å². The number of esters is 1. The molecule has 0 radical (unpaired) electrons. The molecule has 5 atom stereocenters. The molecule has 35 heavy (non-hydrogen) atoms. The number of carbonyl (C=O) groups is 3. The molecule has 1 N–H and O–H groups in total. The SMILES string of the molecule is CCCCCO[C@]1(C(=O)COC(=O)CC)CC[C@H]2C3=C(C(O)C[C@@]21C)[C@@]1(C)C=CC(=O)C=C1CC3. The van der Waals surface area contributed by atoms with Gasteiger partial charge in [-0.3, -0.25) is 14.4 Å². The monoisotopic (exact) mass is 484 g/mol. The molecule has 0 saturated heterocycles. The third-order valence-corrected chi connectivity index (χ3v) is 9.18. The first-order valence-electron chi connectivity index (χ1n) is 13.3. The summed E-state index contributed by atoms with van der Waals surface area (Å²) in [7, 11) is 0. The fourth-order valence-corrected chi connectivity index (χ4v) is 7.32. The molecular weight excluding hydrogens is 444 g/mol. The largest absolute Gasteiger partial charge is 0.458 e. The van der Waals surface area contributed by atoms with Crippen molar-refractivity contribution < 1.29 is 29.0 Å². The molecule has 6 heteroatoms. The Morgan fingerprint density at radius 3 is 2.66 bits per heavy atom. The molecule has 0 amide bonds. The molecule has 4 rings (SSSR count). The fourth-order valence-electron chi connectivity index (χ4n) is 7.32. The molecule has 0 aromatic rings. The molecule has 0 aliphatic heterocycles. The maximum Gasteiger partial charge on any atom is 0.305 e. The summed E-state index contributed by atoms with van der Waals surface area (Å²) < 4.78 is 11.8. The summed E-state index contributed by atoms with van der Waals surface area (Å²) in [6.07, 6.45) is 11.0. The number of rotatable bonds is 9. The van der Waals surface area contributed by atoms with Crippen LogP contribution in [0.2, 0.25) is 0 Å². The topological polar surface area (TPSA) is 89.9 Å². The summed E-state index contributed by atoms with van der Waals surface area (Å²) in [6.45, 7) is 8.21. The van der Waals surface area contributed by atoms with Crippen molar-refractivity contribution in [2.24, 2.45) is 16.7 Å². The average Bonchev–Trinajstić information content (AvgIpc) is 3.12. The summed E-state index contributed by atoms with van der Waals surface area (Å²) in [5, 5.41) is 11.6. The van der Waals surface area contributed by atoms with E-state index in [2.05, 4.69) is 20.8 Å². The molecule has 0 aromatic carbocycles. The Morgan fingerprint density at radius 2 is 1.94 bits per heavy atom. The van der Waals surface area contributed by atoms with Crippen molar-refractivity contribution in [2.45, 2.75) is 97.2 Å². The van der Waals surface area contributed by atoms with Crippen LogP contribution in [0.15, 0.2) is 34.9 Å². The molecule has 1 fully saturated rings. The second-order valence-corrected chi connectivity index (χ2v) is 11.1. The Bertz CT molecular complexity index is 989. The number of hydrogen-bond donors (Lipinski definition) is 1. The van der Waals surface area contributed by atoms with Crippen LogP contribution in [0.5, 0.6) is 0 Å². The molecule has 6 nitrogen and oxygen atoms in total. The normalized spacial score (nSPS) is 35.8. The van der Waals surface area contributed by atoms with Gasteiger partial charge in [-0.1, -0.05) is 50.8 Å². The maximum atomic E-state index is 13.7. The van der Waals surface area contributed by atoms with Crippen LogP contribution in [0.1, 0.15) is 85.5 Å². The zero-order valence-corrected chi connectivity index (χ0v) is 21.7. The molecule has 1 saturated carbocycles. The van der Waals surface area contributed by atoms with Gasteiger partial charge in [0.05, 0.1) is 6.10 Å². The van der Waals surface area contributed by atoms with E-state index in [1.54, 1.807) is 19.1 Å². The van der Waals surface area contributed by atoms with Gasteiger partial charge < -0.3 is 14.6 Å². The zero-order chi connectivity index (χ0) is 25.4. The highest BCUT2D eigenvalue weighted by Crippen LogP contribution is 2.65. The lowest BCUT2D eigenvalue weighted by Crippen LogP contribution is -2.58. The lowest BCUT2D eigenvalue weighted by atomic mass is 9.52.